The molecule has 1 aromatic heterocycles. The predicted molar refractivity (Wildman–Crippen MR) is 64.2 cm³/mol. The highest BCUT2D eigenvalue weighted by Gasteiger charge is 2.23. The third kappa shape index (κ3) is 2.77. The van der Waals surface area contributed by atoms with Crippen molar-refractivity contribution in [2.75, 3.05) is 14.1 Å². The van der Waals surface area contributed by atoms with Gasteiger partial charge in [-0.25, -0.2) is 4.79 Å². The van der Waals surface area contributed by atoms with E-state index >= 15 is 0 Å². The molecular weight excluding hydrogens is 228 g/mol. The van der Waals surface area contributed by atoms with Crippen LogP contribution in [0.4, 0.5) is 0 Å². The fourth-order valence-corrected chi connectivity index (χ4v) is 1.56. The first-order valence-electron chi connectivity index (χ1n) is 5.00. The quantitative estimate of drug-likeness (QED) is 0.883. The van der Waals surface area contributed by atoms with Gasteiger partial charge in [-0.15, -0.1) is 0 Å². The lowest BCUT2D eigenvalue weighted by molar-refractivity contribution is 0.0679. The molecule has 0 radical (unpaired) electrons. The van der Waals surface area contributed by atoms with Crippen molar-refractivity contribution < 1.29 is 9.90 Å². The topological polar surface area (TPSA) is 45.5 Å². The Morgan fingerprint density at radius 3 is 2.56 bits per heavy atom. The zero-order valence-corrected chi connectivity index (χ0v) is 10.7. The van der Waals surface area contributed by atoms with Gasteiger partial charge in [0.15, 0.2) is 0 Å². The molecule has 1 rings (SSSR count). The third-order valence-electron chi connectivity index (χ3n) is 2.85. The predicted octanol–water partition coefficient (Wildman–Crippen LogP) is 2.18. The molecule has 16 heavy (non-hydrogen) atoms. The fraction of sp³-hybridized carbons (Fsp3) is 0.545. The molecule has 0 fully saturated rings. The van der Waals surface area contributed by atoms with Crippen LogP contribution < -0.4 is 0 Å². The number of likely N-dealkylation sites (N-methyl/N-ethyl adjacent to an activating group) is 1. The number of rotatable bonds is 4. The molecule has 1 aromatic rings. The van der Waals surface area contributed by atoms with Crippen molar-refractivity contribution in [1.82, 2.24) is 9.47 Å². The van der Waals surface area contributed by atoms with Crippen molar-refractivity contribution in [2.45, 2.75) is 25.9 Å². The minimum Gasteiger partial charge on any atom is -0.477 e. The molecular formula is C11H17ClN2O2. The molecule has 0 aromatic carbocycles. The second kappa shape index (κ2) is 4.47. The molecule has 90 valence electrons. The summed E-state index contributed by atoms with van der Waals surface area (Å²) in [5.41, 5.74) is 0.0898. The third-order valence-corrected chi connectivity index (χ3v) is 3.06. The summed E-state index contributed by atoms with van der Waals surface area (Å²) >= 11 is 5.82. The van der Waals surface area contributed by atoms with Gasteiger partial charge in [-0.3, -0.25) is 0 Å². The van der Waals surface area contributed by atoms with Crippen LogP contribution in [0.5, 0.6) is 0 Å². The Hall–Kier alpha value is -1.00. The molecule has 1 heterocycles. The Morgan fingerprint density at radius 2 is 2.12 bits per heavy atom. The number of nitrogens with zero attached hydrogens (tertiary/aromatic N) is 2. The first-order chi connectivity index (χ1) is 7.24. The van der Waals surface area contributed by atoms with E-state index in [1.807, 2.05) is 32.8 Å². The van der Waals surface area contributed by atoms with Crippen LogP contribution in [0.3, 0.4) is 0 Å². The van der Waals surface area contributed by atoms with E-state index in [1.165, 1.54) is 6.07 Å². The van der Waals surface area contributed by atoms with Crippen molar-refractivity contribution in [1.29, 1.82) is 0 Å². The average Bonchev–Trinajstić information content (AvgIpc) is 2.45. The lowest BCUT2D eigenvalue weighted by Crippen LogP contribution is -2.42. The van der Waals surface area contributed by atoms with E-state index < -0.39 is 5.97 Å². The number of carbonyl (C=O) groups is 1. The summed E-state index contributed by atoms with van der Waals surface area (Å²) in [6.07, 6.45) is 1.65. The first-order valence-corrected chi connectivity index (χ1v) is 5.38. The van der Waals surface area contributed by atoms with Gasteiger partial charge in [0.05, 0.1) is 5.02 Å². The Labute approximate surface area is 100 Å². The largest absolute Gasteiger partial charge is 0.477 e. The Bertz CT molecular complexity index is 397. The van der Waals surface area contributed by atoms with Crippen molar-refractivity contribution >= 4 is 17.6 Å². The molecule has 0 unspecified atom stereocenters. The number of carboxylic acids is 1. The second-order valence-corrected chi connectivity index (χ2v) is 5.12. The van der Waals surface area contributed by atoms with Crippen LogP contribution in [0.25, 0.3) is 0 Å². The second-order valence-electron chi connectivity index (χ2n) is 4.68. The van der Waals surface area contributed by atoms with Gasteiger partial charge in [0, 0.05) is 18.3 Å². The first kappa shape index (κ1) is 13.1. The Morgan fingerprint density at radius 1 is 1.56 bits per heavy atom. The maximum Gasteiger partial charge on any atom is 0.352 e. The van der Waals surface area contributed by atoms with Crippen LogP contribution in [0.1, 0.15) is 24.3 Å². The number of carboxylic acid groups (broad SMARTS) is 1. The highest BCUT2D eigenvalue weighted by molar-refractivity contribution is 6.30. The van der Waals surface area contributed by atoms with Gasteiger partial charge in [-0.05, 0) is 34.0 Å². The monoisotopic (exact) mass is 244 g/mol. The summed E-state index contributed by atoms with van der Waals surface area (Å²) in [5, 5.41) is 9.47. The maximum absolute atomic E-state index is 11.0. The highest BCUT2D eigenvalue weighted by Crippen LogP contribution is 2.19. The molecule has 4 nitrogen and oxygen atoms in total. The van der Waals surface area contributed by atoms with Crippen molar-refractivity contribution in [3.63, 3.8) is 0 Å². The van der Waals surface area contributed by atoms with E-state index in [4.69, 9.17) is 16.7 Å². The van der Waals surface area contributed by atoms with Crippen LogP contribution in [-0.4, -0.2) is 40.2 Å². The molecule has 0 spiro atoms. The van der Waals surface area contributed by atoms with Gasteiger partial charge in [0.1, 0.15) is 5.69 Å². The Balaban J connectivity index is 3.01. The molecule has 0 atom stereocenters. The number of aromatic carboxylic acids is 1. The standard InChI is InChI=1S/C11H17ClN2O2/c1-11(2,13(3)4)7-14-6-8(12)5-9(14)10(15)16/h5-6H,7H2,1-4H3,(H,15,16). The SMILES string of the molecule is CN(C)C(C)(C)Cn1cc(Cl)cc1C(=O)O. The summed E-state index contributed by atoms with van der Waals surface area (Å²) in [4.78, 5) is 13.0. The molecule has 0 saturated carbocycles. The maximum atomic E-state index is 11.0. The van der Waals surface area contributed by atoms with E-state index in [0.29, 0.717) is 11.6 Å². The highest BCUT2D eigenvalue weighted by atomic mass is 35.5. The van der Waals surface area contributed by atoms with Gasteiger partial charge in [0.25, 0.3) is 0 Å². The van der Waals surface area contributed by atoms with Crippen molar-refractivity contribution in [2.24, 2.45) is 0 Å². The van der Waals surface area contributed by atoms with E-state index in [-0.39, 0.29) is 11.2 Å². The Kier molecular flexibility index (Phi) is 3.65. The van der Waals surface area contributed by atoms with E-state index in [9.17, 15) is 4.79 Å². The molecule has 0 saturated heterocycles. The number of aromatic nitrogens is 1. The number of hydrogen-bond donors (Lipinski definition) is 1. The van der Waals surface area contributed by atoms with Gasteiger partial charge in [0.2, 0.25) is 0 Å². The van der Waals surface area contributed by atoms with Crippen molar-refractivity contribution in [3.05, 3.63) is 23.0 Å². The summed E-state index contributed by atoms with van der Waals surface area (Å²) in [5.74, 6) is -0.957. The smallest absolute Gasteiger partial charge is 0.352 e. The van der Waals surface area contributed by atoms with Crippen LogP contribution in [0, 0.1) is 0 Å². The molecule has 0 aliphatic carbocycles. The fourth-order valence-electron chi connectivity index (χ4n) is 1.34. The van der Waals surface area contributed by atoms with Crippen LogP contribution >= 0.6 is 11.6 Å². The lowest BCUT2D eigenvalue weighted by atomic mass is 10.0. The minimum absolute atomic E-state index is 0.132. The molecule has 0 aliphatic heterocycles. The van der Waals surface area contributed by atoms with Crippen LogP contribution in [0.2, 0.25) is 5.02 Å². The number of hydrogen-bond acceptors (Lipinski definition) is 2. The summed E-state index contributed by atoms with van der Waals surface area (Å²) in [6.45, 7) is 4.67. The van der Waals surface area contributed by atoms with E-state index in [1.54, 1.807) is 10.8 Å². The zero-order valence-electron chi connectivity index (χ0n) is 9.99. The van der Waals surface area contributed by atoms with E-state index in [2.05, 4.69) is 0 Å². The van der Waals surface area contributed by atoms with Crippen LogP contribution in [0.15, 0.2) is 12.3 Å². The summed E-state index contributed by atoms with van der Waals surface area (Å²) in [7, 11) is 3.93. The summed E-state index contributed by atoms with van der Waals surface area (Å²) < 4.78 is 1.67. The normalized spacial score (nSPS) is 12.1. The van der Waals surface area contributed by atoms with Crippen LogP contribution in [-0.2, 0) is 6.54 Å². The molecule has 5 heteroatoms. The van der Waals surface area contributed by atoms with E-state index in [0.717, 1.165) is 0 Å². The zero-order chi connectivity index (χ0) is 12.5. The lowest BCUT2D eigenvalue weighted by Gasteiger charge is -2.33. The van der Waals surface area contributed by atoms with Gasteiger partial charge >= 0.3 is 5.97 Å². The van der Waals surface area contributed by atoms with Gasteiger partial charge < -0.3 is 14.6 Å². The minimum atomic E-state index is -0.957. The van der Waals surface area contributed by atoms with Crippen molar-refractivity contribution in [3.8, 4) is 0 Å². The molecule has 0 aliphatic rings. The molecule has 1 N–H and O–H groups in total. The van der Waals surface area contributed by atoms with Gasteiger partial charge in [-0.2, -0.15) is 0 Å². The molecule has 0 bridgehead atoms. The molecule has 0 amide bonds. The number of halogens is 1. The average molecular weight is 245 g/mol. The summed E-state index contributed by atoms with van der Waals surface area (Å²) in [6, 6.07) is 1.47. The van der Waals surface area contributed by atoms with Gasteiger partial charge in [-0.1, -0.05) is 11.6 Å².